The van der Waals surface area contributed by atoms with Gasteiger partial charge in [0.25, 0.3) is 0 Å². The molecule has 0 amide bonds. The summed E-state index contributed by atoms with van der Waals surface area (Å²) in [5.41, 5.74) is 0.896. The van der Waals surface area contributed by atoms with Crippen molar-refractivity contribution in [2.45, 2.75) is 38.4 Å². The average molecular weight is 304 g/mol. The van der Waals surface area contributed by atoms with E-state index in [1.807, 2.05) is 4.68 Å². The van der Waals surface area contributed by atoms with E-state index >= 15 is 0 Å². The minimum Gasteiger partial charge on any atom is -0.496 e. The van der Waals surface area contributed by atoms with Gasteiger partial charge in [-0.2, -0.15) is 5.10 Å². The summed E-state index contributed by atoms with van der Waals surface area (Å²) in [6.07, 6.45) is 6.82. The first-order chi connectivity index (χ1) is 10.8. The molecule has 0 spiro atoms. The molecular formula is C16H21FN4O. The lowest BCUT2D eigenvalue weighted by molar-refractivity contribution is 0.120. The van der Waals surface area contributed by atoms with Gasteiger partial charge in [-0.3, -0.25) is 9.58 Å². The Hall–Kier alpha value is -1.95. The summed E-state index contributed by atoms with van der Waals surface area (Å²) in [6.45, 7) is 2.52. The Labute approximate surface area is 129 Å². The Morgan fingerprint density at radius 1 is 1.36 bits per heavy atom. The van der Waals surface area contributed by atoms with Gasteiger partial charge in [-0.25, -0.2) is 9.37 Å². The minimum absolute atomic E-state index is 0.222. The van der Waals surface area contributed by atoms with Crippen LogP contribution in [0, 0.1) is 5.82 Å². The Bertz CT molecular complexity index is 602. The monoisotopic (exact) mass is 304 g/mol. The summed E-state index contributed by atoms with van der Waals surface area (Å²) in [6, 6.07) is 5.09. The summed E-state index contributed by atoms with van der Waals surface area (Å²) in [5.74, 6) is 0.520. The van der Waals surface area contributed by atoms with Gasteiger partial charge >= 0.3 is 0 Å². The molecule has 22 heavy (non-hydrogen) atoms. The lowest BCUT2D eigenvalue weighted by Crippen LogP contribution is -2.41. The smallest absolute Gasteiger partial charge is 0.137 e. The zero-order valence-electron chi connectivity index (χ0n) is 12.8. The van der Waals surface area contributed by atoms with E-state index in [1.54, 1.807) is 31.9 Å². The van der Waals surface area contributed by atoms with Gasteiger partial charge in [0.15, 0.2) is 0 Å². The van der Waals surface area contributed by atoms with Crippen LogP contribution in [0.2, 0.25) is 0 Å². The lowest BCUT2D eigenvalue weighted by atomic mass is 10.0. The highest BCUT2D eigenvalue weighted by Gasteiger charge is 2.24. The molecule has 1 aromatic carbocycles. The fourth-order valence-electron chi connectivity index (χ4n) is 3.11. The molecular weight excluding hydrogens is 283 g/mol. The third kappa shape index (κ3) is 3.44. The standard InChI is InChI=1S/C16H21FN4O/c1-22-16-6-5-14(17)8-13(16)9-20-7-3-2-4-15(20)10-21-12-18-11-19-21/h5-6,8,11-12,15H,2-4,7,9-10H2,1H3/t15-/m0/s1. The van der Waals surface area contributed by atoms with E-state index in [9.17, 15) is 4.39 Å². The SMILES string of the molecule is COc1ccc(F)cc1CN1CCCC[C@H]1Cn1cncn1. The molecule has 0 N–H and O–H groups in total. The van der Waals surface area contributed by atoms with E-state index in [-0.39, 0.29) is 5.82 Å². The molecule has 3 rings (SSSR count). The zero-order valence-corrected chi connectivity index (χ0v) is 12.8. The second-order valence-corrected chi connectivity index (χ2v) is 5.69. The minimum atomic E-state index is -0.222. The molecule has 2 heterocycles. The molecule has 0 unspecified atom stereocenters. The van der Waals surface area contributed by atoms with Crippen molar-refractivity contribution in [1.82, 2.24) is 19.7 Å². The molecule has 1 aromatic heterocycles. The van der Waals surface area contributed by atoms with E-state index in [1.165, 1.54) is 18.9 Å². The number of benzene rings is 1. The lowest BCUT2D eigenvalue weighted by Gasteiger charge is -2.35. The summed E-state index contributed by atoms with van der Waals surface area (Å²) in [5, 5.41) is 4.19. The van der Waals surface area contributed by atoms with Crippen LogP contribution in [0.5, 0.6) is 5.75 Å². The Balaban J connectivity index is 1.75. The number of methoxy groups -OCH3 is 1. The van der Waals surface area contributed by atoms with Gasteiger partial charge in [0.05, 0.1) is 13.7 Å². The van der Waals surface area contributed by atoms with E-state index in [2.05, 4.69) is 15.0 Å². The van der Waals surface area contributed by atoms with Crippen LogP contribution in [0.3, 0.4) is 0 Å². The van der Waals surface area contributed by atoms with Crippen molar-refractivity contribution < 1.29 is 9.13 Å². The molecule has 1 fully saturated rings. The Morgan fingerprint density at radius 2 is 2.27 bits per heavy atom. The topological polar surface area (TPSA) is 43.2 Å². The first-order valence-corrected chi connectivity index (χ1v) is 7.65. The van der Waals surface area contributed by atoms with Crippen LogP contribution in [0.4, 0.5) is 4.39 Å². The molecule has 2 aromatic rings. The van der Waals surface area contributed by atoms with Gasteiger partial charge in [-0.15, -0.1) is 0 Å². The highest BCUT2D eigenvalue weighted by atomic mass is 19.1. The number of likely N-dealkylation sites (tertiary alicyclic amines) is 1. The number of rotatable bonds is 5. The maximum Gasteiger partial charge on any atom is 0.137 e. The van der Waals surface area contributed by atoms with Gasteiger partial charge in [0, 0.05) is 18.2 Å². The maximum atomic E-state index is 13.5. The van der Waals surface area contributed by atoms with Gasteiger partial charge in [-0.05, 0) is 37.6 Å². The molecule has 1 aliphatic heterocycles. The second kappa shape index (κ2) is 6.87. The Kier molecular flexibility index (Phi) is 4.68. The fourth-order valence-corrected chi connectivity index (χ4v) is 3.11. The number of hydrogen-bond acceptors (Lipinski definition) is 4. The van der Waals surface area contributed by atoms with Crippen molar-refractivity contribution in [1.29, 1.82) is 0 Å². The van der Waals surface area contributed by atoms with E-state index in [0.29, 0.717) is 12.6 Å². The third-order valence-corrected chi connectivity index (χ3v) is 4.23. The van der Waals surface area contributed by atoms with Crippen LogP contribution in [0.25, 0.3) is 0 Å². The number of aromatic nitrogens is 3. The predicted octanol–water partition coefficient (Wildman–Crippen LogP) is 2.48. The quantitative estimate of drug-likeness (QED) is 0.851. The summed E-state index contributed by atoms with van der Waals surface area (Å²) in [4.78, 5) is 6.39. The number of hydrogen-bond donors (Lipinski definition) is 0. The average Bonchev–Trinajstić information content (AvgIpc) is 3.02. The zero-order chi connectivity index (χ0) is 15.4. The number of nitrogens with zero attached hydrogens (tertiary/aromatic N) is 4. The fraction of sp³-hybridized carbons (Fsp3) is 0.500. The van der Waals surface area contributed by atoms with Crippen molar-refractivity contribution in [3.63, 3.8) is 0 Å². The molecule has 0 aliphatic carbocycles. The summed E-state index contributed by atoms with van der Waals surface area (Å²) >= 11 is 0. The van der Waals surface area contributed by atoms with E-state index < -0.39 is 0 Å². The molecule has 1 aliphatic rings. The number of ether oxygens (including phenoxy) is 1. The van der Waals surface area contributed by atoms with Crippen molar-refractivity contribution in [3.8, 4) is 5.75 Å². The highest BCUT2D eigenvalue weighted by Crippen LogP contribution is 2.26. The van der Waals surface area contributed by atoms with Crippen molar-refractivity contribution >= 4 is 0 Å². The van der Waals surface area contributed by atoms with Gasteiger partial charge in [0.2, 0.25) is 0 Å². The normalized spacial score (nSPS) is 19.3. The molecule has 5 nitrogen and oxygen atoms in total. The summed E-state index contributed by atoms with van der Waals surface area (Å²) in [7, 11) is 1.62. The molecule has 118 valence electrons. The first-order valence-electron chi connectivity index (χ1n) is 7.65. The van der Waals surface area contributed by atoms with Crippen molar-refractivity contribution in [2.24, 2.45) is 0 Å². The highest BCUT2D eigenvalue weighted by molar-refractivity contribution is 5.33. The number of halogens is 1. The molecule has 1 saturated heterocycles. The first kappa shape index (κ1) is 15.0. The van der Waals surface area contributed by atoms with Crippen LogP contribution < -0.4 is 4.74 Å². The van der Waals surface area contributed by atoms with Crippen LogP contribution in [-0.2, 0) is 13.1 Å². The van der Waals surface area contributed by atoms with E-state index in [0.717, 1.165) is 30.8 Å². The second-order valence-electron chi connectivity index (χ2n) is 5.69. The van der Waals surface area contributed by atoms with Crippen LogP contribution >= 0.6 is 0 Å². The van der Waals surface area contributed by atoms with Gasteiger partial charge in [0.1, 0.15) is 24.2 Å². The number of piperidine rings is 1. The maximum absolute atomic E-state index is 13.5. The molecule has 0 saturated carbocycles. The van der Waals surface area contributed by atoms with Crippen molar-refractivity contribution in [3.05, 3.63) is 42.2 Å². The molecule has 0 radical (unpaired) electrons. The van der Waals surface area contributed by atoms with Crippen LogP contribution in [-0.4, -0.2) is 39.4 Å². The molecule has 6 heteroatoms. The van der Waals surface area contributed by atoms with Crippen molar-refractivity contribution in [2.75, 3.05) is 13.7 Å². The summed E-state index contributed by atoms with van der Waals surface area (Å²) < 4.78 is 20.8. The largest absolute Gasteiger partial charge is 0.496 e. The van der Waals surface area contributed by atoms with Crippen LogP contribution in [0.15, 0.2) is 30.9 Å². The third-order valence-electron chi connectivity index (χ3n) is 4.23. The van der Waals surface area contributed by atoms with Gasteiger partial charge in [-0.1, -0.05) is 6.42 Å². The van der Waals surface area contributed by atoms with E-state index in [4.69, 9.17) is 4.74 Å². The molecule has 1 atom stereocenters. The Morgan fingerprint density at radius 3 is 3.05 bits per heavy atom. The van der Waals surface area contributed by atoms with Gasteiger partial charge < -0.3 is 4.74 Å². The van der Waals surface area contributed by atoms with Crippen LogP contribution in [0.1, 0.15) is 24.8 Å². The molecule has 0 bridgehead atoms. The predicted molar refractivity (Wildman–Crippen MR) is 81.0 cm³/mol.